The van der Waals surface area contributed by atoms with E-state index in [1.54, 1.807) is 23.9 Å². The molecule has 1 heterocycles. The fourth-order valence-corrected chi connectivity index (χ4v) is 3.47. The summed E-state index contributed by atoms with van der Waals surface area (Å²) in [5, 5.41) is 1.76. The number of halogens is 1. The van der Waals surface area contributed by atoms with Crippen molar-refractivity contribution < 1.29 is 14.4 Å². The Morgan fingerprint density at radius 1 is 1.08 bits per heavy atom. The van der Waals surface area contributed by atoms with Crippen LogP contribution in [0.5, 0.6) is 0 Å². The highest BCUT2D eigenvalue weighted by atomic mass is 35.5. The van der Waals surface area contributed by atoms with Crippen LogP contribution in [0.15, 0.2) is 59.0 Å². The van der Waals surface area contributed by atoms with Crippen LogP contribution in [0.1, 0.15) is 24.5 Å². The predicted octanol–water partition coefficient (Wildman–Crippen LogP) is 4.57. The molecule has 2 aromatic rings. The number of hydrogen-bond acceptors (Lipinski definition) is 4. The fraction of sp³-hybridized carbons (Fsp3) is 0.200. The maximum atomic E-state index is 12.8. The molecule has 1 amide bonds. The first-order valence-electron chi connectivity index (χ1n) is 8.13. The SMILES string of the molecule is CSc1ccc(C(=C2CCN(OC(C)=O)C2=O)c2ccc(Cl)cc2)cc1. The molecule has 26 heavy (non-hydrogen) atoms. The average molecular weight is 388 g/mol. The van der Waals surface area contributed by atoms with Crippen molar-refractivity contribution in [1.82, 2.24) is 5.06 Å². The van der Waals surface area contributed by atoms with Gasteiger partial charge in [0.2, 0.25) is 0 Å². The predicted molar refractivity (Wildman–Crippen MR) is 104 cm³/mol. The van der Waals surface area contributed by atoms with Crippen molar-refractivity contribution >= 4 is 40.8 Å². The van der Waals surface area contributed by atoms with Gasteiger partial charge in [0.05, 0.1) is 6.54 Å². The summed E-state index contributed by atoms with van der Waals surface area (Å²) in [6, 6.07) is 15.5. The second kappa shape index (κ2) is 7.98. The van der Waals surface area contributed by atoms with Gasteiger partial charge < -0.3 is 4.84 Å². The molecule has 3 rings (SSSR count). The Balaban J connectivity index is 2.09. The lowest BCUT2D eigenvalue weighted by Gasteiger charge is -2.15. The molecule has 0 radical (unpaired) electrons. The topological polar surface area (TPSA) is 46.6 Å². The highest BCUT2D eigenvalue weighted by Crippen LogP contribution is 2.34. The van der Waals surface area contributed by atoms with Crippen LogP contribution in [0.2, 0.25) is 5.02 Å². The Morgan fingerprint density at radius 2 is 1.65 bits per heavy atom. The van der Waals surface area contributed by atoms with Gasteiger partial charge in [0.25, 0.3) is 5.91 Å². The summed E-state index contributed by atoms with van der Waals surface area (Å²) in [5.41, 5.74) is 3.32. The van der Waals surface area contributed by atoms with E-state index in [0.29, 0.717) is 23.6 Å². The van der Waals surface area contributed by atoms with Crippen LogP contribution in [0.25, 0.3) is 5.57 Å². The van der Waals surface area contributed by atoms with Crippen molar-refractivity contribution in [2.75, 3.05) is 12.8 Å². The quantitative estimate of drug-likeness (QED) is 0.569. The van der Waals surface area contributed by atoms with Crippen molar-refractivity contribution in [3.63, 3.8) is 0 Å². The summed E-state index contributed by atoms with van der Waals surface area (Å²) in [7, 11) is 0. The van der Waals surface area contributed by atoms with E-state index in [2.05, 4.69) is 0 Å². The van der Waals surface area contributed by atoms with Crippen LogP contribution in [-0.4, -0.2) is 29.7 Å². The van der Waals surface area contributed by atoms with Crippen LogP contribution in [-0.2, 0) is 14.4 Å². The first-order chi connectivity index (χ1) is 12.5. The zero-order valence-corrected chi connectivity index (χ0v) is 16.1. The first kappa shape index (κ1) is 18.5. The molecule has 0 aromatic heterocycles. The lowest BCUT2D eigenvalue weighted by molar-refractivity contribution is -0.189. The summed E-state index contributed by atoms with van der Waals surface area (Å²) in [6.45, 7) is 1.64. The number of carbonyl (C=O) groups is 2. The standard InChI is InChI=1S/C20H18ClNO3S/c1-13(23)25-22-12-11-18(20(22)24)19(14-3-7-16(21)8-4-14)15-5-9-17(26-2)10-6-15/h3-10H,11-12H2,1-2H3. The van der Waals surface area contributed by atoms with E-state index < -0.39 is 5.97 Å². The normalized spacial score (nSPS) is 16.0. The molecule has 0 aliphatic carbocycles. The second-order valence-electron chi connectivity index (χ2n) is 5.83. The van der Waals surface area contributed by atoms with Crippen molar-refractivity contribution in [1.29, 1.82) is 0 Å². The van der Waals surface area contributed by atoms with E-state index >= 15 is 0 Å². The van der Waals surface area contributed by atoms with Crippen LogP contribution >= 0.6 is 23.4 Å². The van der Waals surface area contributed by atoms with Gasteiger partial charge in [-0.25, -0.2) is 0 Å². The minimum Gasteiger partial charge on any atom is -0.338 e. The van der Waals surface area contributed by atoms with Gasteiger partial charge in [0.1, 0.15) is 0 Å². The van der Waals surface area contributed by atoms with Gasteiger partial charge >= 0.3 is 5.97 Å². The maximum Gasteiger partial charge on any atom is 0.329 e. The van der Waals surface area contributed by atoms with E-state index in [1.807, 2.05) is 42.7 Å². The van der Waals surface area contributed by atoms with Crippen molar-refractivity contribution in [2.24, 2.45) is 0 Å². The summed E-state index contributed by atoms with van der Waals surface area (Å²) in [4.78, 5) is 30.2. The fourth-order valence-electron chi connectivity index (χ4n) is 2.94. The molecule has 6 heteroatoms. The van der Waals surface area contributed by atoms with E-state index in [1.165, 1.54) is 6.92 Å². The summed E-state index contributed by atoms with van der Waals surface area (Å²) >= 11 is 7.68. The largest absolute Gasteiger partial charge is 0.338 e. The van der Waals surface area contributed by atoms with Gasteiger partial charge in [0, 0.05) is 22.4 Å². The summed E-state index contributed by atoms with van der Waals surface area (Å²) in [6.07, 6.45) is 2.53. The van der Waals surface area contributed by atoms with Gasteiger partial charge in [-0.05, 0) is 53.6 Å². The number of rotatable bonds is 4. The Labute approximate surface area is 161 Å². The lowest BCUT2D eigenvalue weighted by Crippen LogP contribution is -2.27. The Bertz CT molecular complexity index is 860. The van der Waals surface area contributed by atoms with Crippen LogP contribution in [0.3, 0.4) is 0 Å². The zero-order chi connectivity index (χ0) is 18.7. The highest BCUT2D eigenvalue weighted by molar-refractivity contribution is 7.98. The highest BCUT2D eigenvalue weighted by Gasteiger charge is 2.32. The first-order valence-corrected chi connectivity index (χ1v) is 9.74. The van der Waals surface area contributed by atoms with Crippen LogP contribution < -0.4 is 0 Å². The molecule has 0 saturated carbocycles. The molecule has 0 atom stereocenters. The number of hydroxylamine groups is 2. The van der Waals surface area contributed by atoms with Crippen molar-refractivity contribution in [3.05, 3.63) is 70.3 Å². The molecule has 0 unspecified atom stereocenters. The van der Waals surface area contributed by atoms with Crippen molar-refractivity contribution in [2.45, 2.75) is 18.2 Å². The third-order valence-electron chi connectivity index (χ3n) is 4.10. The van der Waals surface area contributed by atoms with E-state index in [0.717, 1.165) is 26.7 Å². The molecule has 0 spiro atoms. The number of amides is 1. The lowest BCUT2D eigenvalue weighted by atomic mass is 9.92. The Kier molecular flexibility index (Phi) is 5.69. The number of benzene rings is 2. The van der Waals surface area contributed by atoms with Gasteiger partial charge in [-0.15, -0.1) is 11.8 Å². The van der Waals surface area contributed by atoms with Gasteiger partial charge in [-0.3, -0.25) is 9.59 Å². The van der Waals surface area contributed by atoms with Gasteiger partial charge in [0.15, 0.2) is 0 Å². The molecular weight excluding hydrogens is 370 g/mol. The smallest absolute Gasteiger partial charge is 0.329 e. The van der Waals surface area contributed by atoms with E-state index in [-0.39, 0.29) is 5.91 Å². The maximum absolute atomic E-state index is 12.8. The molecule has 2 aromatic carbocycles. The second-order valence-corrected chi connectivity index (χ2v) is 7.15. The molecule has 134 valence electrons. The minimum atomic E-state index is -0.503. The molecule has 4 nitrogen and oxygen atoms in total. The number of carbonyl (C=O) groups excluding carboxylic acids is 2. The Hall–Kier alpha value is -2.24. The molecule has 0 N–H and O–H groups in total. The van der Waals surface area contributed by atoms with Gasteiger partial charge in [-0.2, -0.15) is 5.06 Å². The molecule has 1 fully saturated rings. The molecule has 0 bridgehead atoms. The molecule has 1 aliphatic rings. The molecule has 1 aliphatic heterocycles. The van der Waals surface area contributed by atoms with Crippen molar-refractivity contribution in [3.8, 4) is 0 Å². The third-order valence-corrected chi connectivity index (χ3v) is 5.10. The number of hydrogen-bond donors (Lipinski definition) is 0. The summed E-state index contributed by atoms with van der Waals surface area (Å²) in [5.74, 6) is -0.781. The molecular formula is C20H18ClNO3S. The van der Waals surface area contributed by atoms with Crippen LogP contribution in [0.4, 0.5) is 0 Å². The average Bonchev–Trinajstić information content (AvgIpc) is 2.97. The zero-order valence-electron chi connectivity index (χ0n) is 14.5. The van der Waals surface area contributed by atoms with E-state index in [4.69, 9.17) is 16.4 Å². The summed E-state index contributed by atoms with van der Waals surface area (Å²) < 4.78 is 0. The van der Waals surface area contributed by atoms with Crippen LogP contribution in [0, 0.1) is 0 Å². The molecule has 1 saturated heterocycles. The number of thioether (sulfide) groups is 1. The number of nitrogens with zero attached hydrogens (tertiary/aromatic N) is 1. The third kappa shape index (κ3) is 3.94. The Morgan fingerprint density at radius 3 is 2.19 bits per heavy atom. The minimum absolute atomic E-state index is 0.279. The van der Waals surface area contributed by atoms with E-state index in [9.17, 15) is 9.59 Å². The van der Waals surface area contributed by atoms with Gasteiger partial charge in [-0.1, -0.05) is 35.9 Å². The monoisotopic (exact) mass is 387 g/mol.